The molecule has 0 heterocycles. The lowest BCUT2D eigenvalue weighted by molar-refractivity contribution is -0.116. The van der Waals surface area contributed by atoms with E-state index in [1.807, 2.05) is 13.2 Å². The molecule has 0 fully saturated rings. The van der Waals surface area contributed by atoms with E-state index in [9.17, 15) is 9.59 Å². The number of thioether (sulfide) groups is 1. The Morgan fingerprint density at radius 1 is 1.40 bits per heavy atom. The average Bonchev–Trinajstić information content (AvgIpc) is 2.38. The molecule has 0 spiro atoms. The summed E-state index contributed by atoms with van der Waals surface area (Å²) in [6.07, 6.45) is 2.33. The van der Waals surface area contributed by atoms with Gasteiger partial charge in [-0.1, -0.05) is 6.92 Å². The van der Waals surface area contributed by atoms with Gasteiger partial charge in [-0.2, -0.15) is 11.8 Å². The van der Waals surface area contributed by atoms with Crippen LogP contribution in [0.2, 0.25) is 0 Å². The number of anilines is 1. The standard InChI is InChI=1S/C14H19NO4S/c1-9(20-3)4-13(16)15-12-6-10(8-19-2)5-11(7-12)14(17)18/h5-7,9H,4,8H2,1-3H3,(H,15,16)(H,17,18). The van der Waals surface area contributed by atoms with E-state index < -0.39 is 5.97 Å². The van der Waals surface area contributed by atoms with Crippen LogP contribution in [0, 0.1) is 0 Å². The zero-order valence-electron chi connectivity index (χ0n) is 11.8. The summed E-state index contributed by atoms with van der Waals surface area (Å²) in [4.78, 5) is 22.9. The number of hydrogen-bond donors (Lipinski definition) is 2. The van der Waals surface area contributed by atoms with Gasteiger partial charge < -0.3 is 15.2 Å². The summed E-state index contributed by atoms with van der Waals surface area (Å²) in [6, 6.07) is 4.70. The molecular formula is C14H19NO4S. The molecule has 0 radical (unpaired) electrons. The first kappa shape index (κ1) is 16.5. The predicted octanol–water partition coefficient (Wildman–Crippen LogP) is 2.61. The van der Waals surface area contributed by atoms with Crippen LogP contribution in [0.5, 0.6) is 0 Å². The van der Waals surface area contributed by atoms with Crippen molar-refractivity contribution >= 4 is 29.3 Å². The Morgan fingerprint density at radius 3 is 2.65 bits per heavy atom. The SMILES string of the molecule is COCc1cc(NC(=O)CC(C)SC)cc(C(=O)O)c1. The second kappa shape index (κ2) is 7.91. The lowest BCUT2D eigenvalue weighted by Crippen LogP contribution is -2.16. The van der Waals surface area contributed by atoms with E-state index in [0.717, 1.165) is 0 Å². The third kappa shape index (κ3) is 5.22. The maximum atomic E-state index is 11.8. The second-order valence-electron chi connectivity index (χ2n) is 4.46. The Bertz CT molecular complexity index is 490. The van der Waals surface area contributed by atoms with Gasteiger partial charge in [0.05, 0.1) is 12.2 Å². The molecule has 0 bridgehead atoms. The predicted molar refractivity (Wildman–Crippen MR) is 80.3 cm³/mol. The molecule has 20 heavy (non-hydrogen) atoms. The quantitative estimate of drug-likeness (QED) is 0.809. The summed E-state index contributed by atoms with van der Waals surface area (Å²) in [5.74, 6) is -1.16. The summed E-state index contributed by atoms with van der Waals surface area (Å²) < 4.78 is 5.00. The van der Waals surface area contributed by atoms with E-state index >= 15 is 0 Å². The van der Waals surface area contributed by atoms with Crippen molar-refractivity contribution in [2.45, 2.75) is 25.2 Å². The molecule has 1 aromatic carbocycles. The van der Waals surface area contributed by atoms with Gasteiger partial charge in [-0.3, -0.25) is 4.79 Å². The summed E-state index contributed by atoms with van der Waals surface area (Å²) in [5, 5.41) is 12.0. The first-order chi connectivity index (χ1) is 9.46. The van der Waals surface area contributed by atoms with Crippen LogP contribution in [0.15, 0.2) is 18.2 Å². The van der Waals surface area contributed by atoms with Crippen molar-refractivity contribution < 1.29 is 19.4 Å². The highest BCUT2D eigenvalue weighted by Gasteiger charge is 2.11. The van der Waals surface area contributed by atoms with Crippen LogP contribution < -0.4 is 5.32 Å². The molecule has 2 N–H and O–H groups in total. The molecule has 0 aliphatic carbocycles. The van der Waals surface area contributed by atoms with Crippen LogP contribution in [-0.2, 0) is 16.1 Å². The van der Waals surface area contributed by atoms with E-state index in [1.165, 1.54) is 19.2 Å². The number of methoxy groups -OCH3 is 1. The van der Waals surface area contributed by atoms with Crippen LogP contribution in [0.3, 0.4) is 0 Å². The number of carboxylic acid groups (broad SMARTS) is 1. The zero-order chi connectivity index (χ0) is 15.1. The Hall–Kier alpha value is -1.53. The lowest BCUT2D eigenvalue weighted by atomic mass is 10.1. The number of carbonyl (C=O) groups excluding carboxylic acids is 1. The Morgan fingerprint density at radius 2 is 2.10 bits per heavy atom. The highest BCUT2D eigenvalue weighted by molar-refractivity contribution is 7.99. The van der Waals surface area contributed by atoms with Crippen molar-refractivity contribution in [1.82, 2.24) is 0 Å². The van der Waals surface area contributed by atoms with Crippen LogP contribution >= 0.6 is 11.8 Å². The number of nitrogens with one attached hydrogen (secondary N) is 1. The molecule has 6 heteroatoms. The molecule has 0 saturated heterocycles. The molecule has 0 aromatic heterocycles. The summed E-state index contributed by atoms with van der Waals surface area (Å²) >= 11 is 1.61. The molecule has 1 unspecified atom stereocenters. The molecule has 5 nitrogen and oxygen atoms in total. The largest absolute Gasteiger partial charge is 0.478 e. The van der Waals surface area contributed by atoms with Crippen molar-refractivity contribution in [2.75, 3.05) is 18.7 Å². The number of carboxylic acids is 1. The number of benzene rings is 1. The van der Waals surface area contributed by atoms with Gasteiger partial charge in [0.1, 0.15) is 0 Å². The fourth-order valence-corrected chi connectivity index (χ4v) is 2.01. The van der Waals surface area contributed by atoms with E-state index in [4.69, 9.17) is 9.84 Å². The minimum absolute atomic E-state index is 0.127. The molecule has 0 saturated carbocycles. The zero-order valence-corrected chi connectivity index (χ0v) is 12.6. The minimum Gasteiger partial charge on any atom is -0.478 e. The van der Waals surface area contributed by atoms with Gasteiger partial charge in [0.15, 0.2) is 0 Å². The van der Waals surface area contributed by atoms with Crippen molar-refractivity contribution in [3.63, 3.8) is 0 Å². The molecule has 1 atom stereocenters. The average molecular weight is 297 g/mol. The minimum atomic E-state index is -1.03. The normalized spacial score (nSPS) is 11.9. The maximum absolute atomic E-state index is 11.8. The van der Waals surface area contributed by atoms with Gasteiger partial charge in [0.2, 0.25) is 5.91 Å². The summed E-state index contributed by atoms with van der Waals surface area (Å²) in [7, 11) is 1.53. The number of rotatable bonds is 7. The van der Waals surface area contributed by atoms with Gasteiger partial charge in [-0.25, -0.2) is 4.79 Å². The maximum Gasteiger partial charge on any atom is 0.335 e. The molecular weight excluding hydrogens is 278 g/mol. The fraction of sp³-hybridized carbons (Fsp3) is 0.429. The molecule has 1 aromatic rings. The van der Waals surface area contributed by atoms with Gasteiger partial charge in [-0.15, -0.1) is 0 Å². The molecule has 1 rings (SSSR count). The van der Waals surface area contributed by atoms with Crippen LogP contribution in [-0.4, -0.2) is 35.6 Å². The second-order valence-corrected chi connectivity index (χ2v) is 5.73. The summed E-state index contributed by atoms with van der Waals surface area (Å²) in [6.45, 7) is 2.26. The Labute approximate surface area is 122 Å². The fourth-order valence-electron chi connectivity index (χ4n) is 1.69. The van der Waals surface area contributed by atoms with Crippen LogP contribution in [0.25, 0.3) is 0 Å². The van der Waals surface area contributed by atoms with Crippen LogP contribution in [0.4, 0.5) is 5.69 Å². The lowest BCUT2D eigenvalue weighted by Gasteiger charge is -2.11. The van der Waals surface area contributed by atoms with Crippen molar-refractivity contribution in [1.29, 1.82) is 0 Å². The molecule has 1 amide bonds. The Kier molecular flexibility index (Phi) is 6.54. The van der Waals surface area contributed by atoms with Gasteiger partial charge in [0.25, 0.3) is 0 Å². The van der Waals surface area contributed by atoms with Crippen LogP contribution in [0.1, 0.15) is 29.3 Å². The third-order valence-corrected chi connectivity index (χ3v) is 3.68. The van der Waals surface area contributed by atoms with Gasteiger partial charge in [-0.05, 0) is 30.0 Å². The monoisotopic (exact) mass is 297 g/mol. The highest BCUT2D eigenvalue weighted by atomic mass is 32.2. The van der Waals surface area contributed by atoms with Crippen molar-refractivity contribution in [3.8, 4) is 0 Å². The molecule has 0 aliphatic heterocycles. The topological polar surface area (TPSA) is 75.6 Å². The third-order valence-electron chi connectivity index (χ3n) is 2.71. The number of ether oxygens (including phenoxy) is 1. The Balaban J connectivity index is 2.87. The smallest absolute Gasteiger partial charge is 0.335 e. The molecule has 0 aliphatic rings. The first-order valence-corrected chi connectivity index (χ1v) is 7.44. The number of carbonyl (C=O) groups is 2. The van der Waals surface area contributed by atoms with Crippen molar-refractivity contribution in [3.05, 3.63) is 29.3 Å². The van der Waals surface area contributed by atoms with Gasteiger partial charge in [0, 0.05) is 24.5 Å². The van der Waals surface area contributed by atoms with E-state index in [2.05, 4.69) is 5.32 Å². The van der Waals surface area contributed by atoms with Gasteiger partial charge >= 0.3 is 5.97 Å². The van der Waals surface area contributed by atoms with E-state index in [-0.39, 0.29) is 16.7 Å². The van der Waals surface area contributed by atoms with E-state index in [0.29, 0.717) is 24.3 Å². The molecule has 110 valence electrons. The first-order valence-electron chi connectivity index (χ1n) is 6.15. The number of amides is 1. The van der Waals surface area contributed by atoms with Crippen molar-refractivity contribution in [2.24, 2.45) is 0 Å². The van der Waals surface area contributed by atoms with E-state index in [1.54, 1.807) is 17.8 Å². The highest BCUT2D eigenvalue weighted by Crippen LogP contribution is 2.17. The summed E-state index contributed by atoms with van der Waals surface area (Å²) in [5.41, 5.74) is 1.32. The number of hydrogen-bond acceptors (Lipinski definition) is 4. The number of aromatic carboxylic acids is 1.